The first kappa shape index (κ1) is 11.5. The zero-order chi connectivity index (χ0) is 11.6. The molecule has 4 N–H and O–H groups in total. The molecule has 88 valence electrons. The normalized spacial score (nSPS) is 17.1. The van der Waals surface area contributed by atoms with E-state index in [0.29, 0.717) is 6.04 Å². The number of nitrogens with two attached hydrogens (primary N) is 1. The fraction of sp³-hybridized carbons (Fsp3) is 0.400. The lowest BCUT2D eigenvalue weighted by atomic mass is 10.1. The average molecular weight is 241 g/mol. The molecule has 1 aliphatic heterocycles. The molecule has 0 atom stereocenters. The Morgan fingerprint density at radius 1 is 1.31 bits per heavy atom. The molecular formula is C10H15N3O2S. The van der Waals surface area contributed by atoms with Crippen molar-refractivity contribution in [3.8, 4) is 0 Å². The molecule has 0 aromatic heterocycles. The summed E-state index contributed by atoms with van der Waals surface area (Å²) in [6.07, 6.45) is 0. The van der Waals surface area contributed by atoms with E-state index in [-0.39, 0.29) is 4.90 Å². The van der Waals surface area contributed by atoms with Gasteiger partial charge in [-0.25, -0.2) is 13.6 Å². The van der Waals surface area contributed by atoms with Crippen molar-refractivity contribution in [2.75, 3.05) is 13.1 Å². The van der Waals surface area contributed by atoms with Crippen LogP contribution in [-0.2, 0) is 16.6 Å². The first-order valence-electron chi connectivity index (χ1n) is 5.11. The zero-order valence-electron chi connectivity index (χ0n) is 8.81. The summed E-state index contributed by atoms with van der Waals surface area (Å²) >= 11 is 0. The lowest BCUT2D eigenvalue weighted by molar-refractivity contribution is 0.365. The maximum atomic E-state index is 11.0. The van der Waals surface area contributed by atoms with Crippen LogP contribution in [0.25, 0.3) is 0 Å². The van der Waals surface area contributed by atoms with Crippen molar-refractivity contribution in [1.82, 2.24) is 10.6 Å². The first-order valence-corrected chi connectivity index (χ1v) is 6.66. The second-order valence-electron chi connectivity index (χ2n) is 3.93. The van der Waals surface area contributed by atoms with Crippen LogP contribution in [0.3, 0.4) is 0 Å². The molecule has 1 fully saturated rings. The summed E-state index contributed by atoms with van der Waals surface area (Å²) in [6.45, 7) is 2.74. The summed E-state index contributed by atoms with van der Waals surface area (Å²) in [5.41, 5.74) is 1.05. The van der Waals surface area contributed by atoms with Gasteiger partial charge in [0, 0.05) is 25.7 Å². The highest BCUT2D eigenvalue weighted by atomic mass is 32.2. The molecule has 0 bridgehead atoms. The highest BCUT2D eigenvalue weighted by Crippen LogP contribution is 2.08. The van der Waals surface area contributed by atoms with Gasteiger partial charge in [-0.2, -0.15) is 0 Å². The molecule has 6 heteroatoms. The van der Waals surface area contributed by atoms with Gasteiger partial charge in [0.2, 0.25) is 10.0 Å². The van der Waals surface area contributed by atoms with Crippen molar-refractivity contribution in [3.63, 3.8) is 0 Å². The molecule has 1 aromatic rings. The van der Waals surface area contributed by atoms with Crippen LogP contribution in [0.5, 0.6) is 0 Å². The molecular weight excluding hydrogens is 226 g/mol. The number of rotatable bonds is 4. The highest BCUT2D eigenvalue weighted by molar-refractivity contribution is 7.89. The molecule has 0 spiro atoms. The SMILES string of the molecule is NS(=O)(=O)c1ccc(CNC2CNC2)cc1. The fourth-order valence-corrected chi connectivity index (χ4v) is 2.01. The minimum absolute atomic E-state index is 0.154. The summed E-state index contributed by atoms with van der Waals surface area (Å²) in [5, 5.41) is 11.5. The van der Waals surface area contributed by atoms with Crippen LogP contribution < -0.4 is 15.8 Å². The van der Waals surface area contributed by atoms with Crippen LogP contribution in [0.15, 0.2) is 29.2 Å². The van der Waals surface area contributed by atoms with Gasteiger partial charge < -0.3 is 10.6 Å². The number of hydrogen-bond donors (Lipinski definition) is 3. The molecule has 5 nitrogen and oxygen atoms in total. The Balaban J connectivity index is 1.96. The number of sulfonamides is 1. The van der Waals surface area contributed by atoms with E-state index in [1.54, 1.807) is 12.1 Å². The predicted molar refractivity (Wildman–Crippen MR) is 61.3 cm³/mol. The summed E-state index contributed by atoms with van der Waals surface area (Å²) in [5.74, 6) is 0. The smallest absolute Gasteiger partial charge is 0.238 e. The van der Waals surface area contributed by atoms with Crippen molar-refractivity contribution in [3.05, 3.63) is 29.8 Å². The topological polar surface area (TPSA) is 84.2 Å². The van der Waals surface area contributed by atoms with Crippen LogP contribution >= 0.6 is 0 Å². The Kier molecular flexibility index (Phi) is 3.25. The number of hydrogen-bond acceptors (Lipinski definition) is 4. The van der Waals surface area contributed by atoms with Crippen LogP contribution in [0.2, 0.25) is 0 Å². The third-order valence-corrected chi connectivity index (χ3v) is 3.56. The second kappa shape index (κ2) is 4.50. The van der Waals surface area contributed by atoms with Gasteiger partial charge in [-0.3, -0.25) is 0 Å². The van der Waals surface area contributed by atoms with E-state index < -0.39 is 10.0 Å². The number of nitrogens with one attached hydrogen (secondary N) is 2. The van der Waals surface area contributed by atoms with Gasteiger partial charge in [-0.15, -0.1) is 0 Å². The van der Waals surface area contributed by atoms with E-state index >= 15 is 0 Å². The number of primary sulfonamides is 1. The van der Waals surface area contributed by atoms with Crippen molar-refractivity contribution in [1.29, 1.82) is 0 Å². The van der Waals surface area contributed by atoms with Gasteiger partial charge in [0.1, 0.15) is 0 Å². The monoisotopic (exact) mass is 241 g/mol. The minimum atomic E-state index is -3.57. The summed E-state index contributed by atoms with van der Waals surface area (Å²) < 4.78 is 22.0. The zero-order valence-corrected chi connectivity index (χ0v) is 9.63. The van der Waals surface area contributed by atoms with E-state index in [0.717, 1.165) is 25.2 Å². The van der Waals surface area contributed by atoms with Gasteiger partial charge in [0.15, 0.2) is 0 Å². The lowest BCUT2D eigenvalue weighted by Gasteiger charge is -2.28. The Bertz CT molecular complexity index is 451. The molecule has 1 heterocycles. The molecule has 1 aromatic carbocycles. The summed E-state index contributed by atoms with van der Waals surface area (Å²) in [6, 6.07) is 7.15. The third-order valence-electron chi connectivity index (χ3n) is 2.63. The molecule has 1 saturated heterocycles. The van der Waals surface area contributed by atoms with Crippen molar-refractivity contribution >= 4 is 10.0 Å². The van der Waals surface area contributed by atoms with E-state index in [1.807, 2.05) is 0 Å². The standard InChI is InChI=1S/C10H15N3O2S/c11-16(14,15)10-3-1-8(2-4-10)5-13-9-6-12-7-9/h1-4,9,12-13H,5-7H2,(H2,11,14,15). The molecule has 0 unspecified atom stereocenters. The van der Waals surface area contributed by atoms with Crippen LogP contribution in [0.1, 0.15) is 5.56 Å². The Morgan fingerprint density at radius 3 is 2.38 bits per heavy atom. The largest absolute Gasteiger partial charge is 0.314 e. The van der Waals surface area contributed by atoms with Crippen LogP contribution in [0, 0.1) is 0 Å². The van der Waals surface area contributed by atoms with Gasteiger partial charge in [0.25, 0.3) is 0 Å². The van der Waals surface area contributed by atoms with Crippen molar-refractivity contribution in [2.45, 2.75) is 17.5 Å². The third kappa shape index (κ3) is 2.79. The lowest BCUT2D eigenvalue weighted by Crippen LogP contribution is -2.54. The van der Waals surface area contributed by atoms with Crippen molar-refractivity contribution in [2.24, 2.45) is 5.14 Å². The highest BCUT2D eigenvalue weighted by Gasteiger charge is 2.15. The molecule has 0 aliphatic carbocycles. The number of benzene rings is 1. The average Bonchev–Trinajstić information content (AvgIpc) is 2.15. The maximum absolute atomic E-state index is 11.0. The van der Waals surface area contributed by atoms with Gasteiger partial charge in [0.05, 0.1) is 4.90 Å². The Morgan fingerprint density at radius 2 is 1.94 bits per heavy atom. The van der Waals surface area contributed by atoms with E-state index in [2.05, 4.69) is 10.6 Å². The van der Waals surface area contributed by atoms with Gasteiger partial charge in [-0.1, -0.05) is 12.1 Å². The quantitative estimate of drug-likeness (QED) is 0.657. The van der Waals surface area contributed by atoms with Crippen molar-refractivity contribution < 1.29 is 8.42 Å². The van der Waals surface area contributed by atoms with Crippen LogP contribution in [-0.4, -0.2) is 27.5 Å². The van der Waals surface area contributed by atoms with Gasteiger partial charge in [-0.05, 0) is 17.7 Å². The maximum Gasteiger partial charge on any atom is 0.238 e. The summed E-state index contributed by atoms with van der Waals surface area (Å²) in [4.78, 5) is 0.154. The molecule has 0 amide bonds. The van der Waals surface area contributed by atoms with E-state index in [1.165, 1.54) is 12.1 Å². The Hall–Kier alpha value is -0.950. The predicted octanol–water partition coefficient (Wildman–Crippen LogP) is -0.605. The molecule has 0 radical (unpaired) electrons. The summed E-state index contributed by atoms with van der Waals surface area (Å²) in [7, 11) is -3.57. The fourth-order valence-electron chi connectivity index (χ4n) is 1.49. The second-order valence-corrected chi connectivity index (χ2v) is 5.49. The molecule has 1 aliphatic rings. The van der Waals surface area contributed by atoms with E-state index in [9.17, 15) is 8.42 Å². The van der Waals surface area contributed by atoms with Gasteiger partial charge >= 0.3 is 0 Å². The van der Waals surface area contributed by atoms with Crippen LogP contribution in [0.4, 0.5) is 0 Å². The molecule has 16 heavy (non-hydrogen) atoms. The molecule has 2 rings (SSSR count). The van der Waals surface area contributed by atoms with E-state index in [4.69, 9.17) is 5.14 Å². The molecule has 0 saturated carbocycles. The first-order chi connectivity index (χ1) is 7.55. The minimum Gasteiger partial charge on any atom is -0.314 e. The Labute approximate surface area is 95.1 Å².